The van der Waals surface area contributed by atoms with E-state index in [1.54, 1.807) is 0 Å². The van der Waals surface area contributed by atoms with Crippen LogP contribution in [0.1, 0.15) is 61.3 Å². The van der Waals surface area contributed by atoms with Gasteiger partial charge in [0.1, 0.15) is 0 Å². The normalized spacial score (nSPS) is 16.4. The van der Waals surface area contributed by atoms with E-state index in [1.807, 2.05) is 20.8 Å². The molecule has 0 bridgehead atoms. The third kappa shape index (κ3) is 7.07. The fourth-order valence-corrected chi connectivity index (χ4v) is 3.58. The fraction of sp³-hybridized carbons (Fsp3) is 0.882. The van der Waals surface area contributed by atoms with Gasteiger partial charge < -0.3 is 4.43 Å². The molecular weight excluding hydrogens is 310 g/mol. The van der Waals surface area contributed by atoms with Gasteiger partial charge in [-0.1, -0.05) is 39.8 Å². The van der Waals surface area contributed by atoms with Crippen LogP contribution in [0.4, 0.5) is 0 Å². The predicted molar refractivity (Wildman–Crippen MR) is 102 cm³/mol. The second-order valence-electron chi connectivity index (χ2n) is 8.48. The van der Waals surface area contributed by atoms with Crippen molar-refractivity contribution in [1.29, 1.82) is 0 Å². The summed E-state index contributed by atoms with van der Waals surface area (Å²) in [7, 11) is -2.77. The Kier molecular flexibility index (Phi) is 8.23. The van der Waals surface area contributed by atoms with Crippen molar-refractivity contribution in [2.24, 2.45) is 0 Å². The van der Waals surface area contributed by atoms with Crippen LogP contribution < -0.4 is 4.72 Å². The zero-order valence-corrected chi connectivity index (χ0v) is 17.9. The first kappa shape index (κ1) is 22.0. The molecule has 0 aliphatic heterocycles. The third-order valence-corrected chi connectivity index (χ3v) is 10.5. The molecular formula is C17H37NO2SSi. The minimum atomic E-state index is -1.70. The van der Waals surface area contributed by atoms with Crippen molar-refractivity contribution in [3.63, 3.8) is 0 Å². The molecule has 2 atom stereocenters. The molecule has 0 heterocycles. The van der Waals surface area contributed by atoms with Crippen molar-refractivity contribution in [3.05, 3.63) is 12.2 Å². The Morgan fingerprint density at radius 2 is 1.73 bits per heavy atom. The van der Waals surface area contributed by atoms with E-state index in [1.165, 1.54) is 0 Å². The van der Waals surface area contributed by atoms with Crippen molar-refractivity contribution < 1.29 is 8.63 Å². The van der Waals surface area contributed by atoms with Crippen LogP contribution in [0.15, 0.2) is 12.2 Å². The van der Waals surface area contributed by atoms with Crippen molar-refractivity contribution in [3.8, 4) is 0 Å². The highest BCUT2D eigenvalue weighted by molar-refractivity contribution is 7.84. The van der Waals surface area contributed by atoms with E-state index in [4.69, 9.17) is 4.43 Å². The largest absolute Gasteiger partial charge is 0.417 e. The van der Waals surface area contributed by atoms with E-state index in [2.05, 4.69) is 52.1 Å². The molecule has 0 aromatic rings. The zero-order chi connectivity index (χ0) is 17.8. The fourth-order valence-electron chi connectivity index (χ4n) is 1.59. The monoisotopic (exact) mass is 347 g/mol. The molecule has 22 heavy (non-hydrogen) atoms. The van der Waals surface area contributed by atoms with Gasteiger partial charge in [-0.15, -0.1) is 0 Å². The molecule has 0 aliphatic rings. The zero-order valence-electron chi connectivity index (χ0n) is 16.1. The Balaban J connectivity index is 4.49. The summed E-state index contributed by atoms with van der Waals surface area (Å²) in [5, 5.41) is 0.227. The van der Waals surface area contributed by atoms with Crippen LogP contribution in [0.2, 0.25) is 18.1 Å². The lowest BCUT2D eigenvalue weighted by molar-refractivity contribution is 0.289. The molecule has 0 rings (SSSR count). The summed E-state index contributed by atoms with van der Waals surface area (Å²) in [4.78, 5) is 0. The van der Waals surface area contributed by atoms with Crippen LogP contribution in [0.3, 0.4) is 0 Å². The van der Waals surface area contributed by atoms with Crippen molar-refractivity contribution in [2.75, 3.05) is 6.61 Å². The highest BCUT2D eigenvalue weighted by Crippen LogP contribution is 2.36. The summed E-state index contributed by atoms with van der Waals surface area (Å²) in [6.07, 6.45) is 1.71. The van der Waals surface area contributed by atoms with Gasteiger partial charge in [-0.25, -0.2) is 8.93 Å². The maximum atomic E-state index is 12.2. The second-order valence-corrected chi connectivity index (χ2v) is 15.3. The van der Waals surface area contributed by atoms with Crippen LogP contribution in [-0.2, 0) is 15.4 Å². The molecule has 3 nitrogen and oxygen atoms in total. The summed E-state index contributed by atoms with van der Waals surface area (Å²) in [6.45, 7) is 24.2. The first-order valence-electron chi connectivity index (χ1n) is 8.22. The van der Waals surface area contributed by atoms with Crippen LogP contribution in [-0.4, -0.2) is 29.9 Å². The Morgan fingerprint density at radius 3 is 2.09 bits per heavy atom. The molecule has 0 aromatic heterocycles. The Hall–Kier alpha value is 0.0269. The minimum Gasteiger partial charge on any atom is -0.417 e. The minimum absolute atomic E-state index is 0.0862. The number of rotatable bonds is 8. The molecule has 0 fully saturated rings. The van der Waals surface area contributed by atoms with Gasteiger partial charge in [0.25, 0.3) is 0 Å². The lowest BCUT2D eigenvalue weighted by atomic mass is 10.1. The number of hydrogen-bond donors (Lipinski definition) is 1. The first-order chi connectivity index (χ1) is 9.72. The highest BCUT2D eigenvalue weighted by Gasteiger charge is 2.37. The molecule has 1 N–H and O–H groups in total. The molecule has 0 radical (unpaired) electrons. The van der Waals surface area contributed by atoms with E-state index in [9.17, 15) is 4.21 Å². The smallest absolute Gasteiger partial charge is 0.191 e. The van der Waals surface area contributed by atoms with E-state index < -0.39 is 19.3 Å². The summed E-state index contributed by atoms with van der Waals surface area (Å²) in [5.74, 6) is 0. The molecule has 0 spiro atoms. The average molecular weight is 348 g/mol. The Morgan fingerprint density at radius 1 is 1.23 bits per heavy atom. The molecule has 0 aromatic carbocycles. The van der Waals surface area contributed by atoms with E-state index in [0.29, 0.717) is 6.61 Å². The van der Waals surface area contributed by atoms with Gasteiger partial charge in [0.05, 0.1) is 15.7 Å². The second kappa shape index (κ2) is 8.22. The number of hydrogen-bond acceptors (Lipinski definition) is 2. The van der Waals surface area contributed by atoms with Crippen molar-refractivity contribution in [1.82, 2.24) is 4.72 Å². The first-order valence-corrected chi connectivity index (χ1v) is 12.3. The van der Waals surface area contributed by atoms with Gasteiger partial charge in [-0.05, 0) is 51.7 Å². The topological polar surface area (TPSA) is 38.3 Å². The van der Waals surface area contributed by atoms with Crippen LogP contribution in [0.25, 0.3) is 0 Å². The van der Waals surface area contributed by atoms with Crippen molar-refractivity contribution >= 4 is 19.3 Å². The standard InChI is InChI=1S/C17H37NO2SSi/c1-11-15(18-21(19)16(3,4)5)14(2)12-13-20-22(9,10)17(6,7)8/h15,18H,2,11-13H2,1,3-10H3/t15-,21?/m1/s1. The summed E-state index contributed by atoms with van der Waals surface area (Å²) in [5.41, 5.74) is 1.08. The molecule has 5 heteroatoms. The Bertz CT molecular complexity index is 394. The van der Waals surface area contributed by atoms with E-state index in [-0.39, 0.29) is 15.8 Å². The van der Waals surface area contributed by atoms with Crippen LogP contribution >= 0.6 is 0 Å². The van der Waals surface area contributed by atoms with Gasteiger partial charge in [0, 0.05) is 12.6 Å². The van der Waals surface area contributed by atoms with Gasteiger partial charge >= 0.3 is 0 Å². The molecule has 132 valence electrons. The molecule has 0 aliphatic carbocycles. The molecule has 0 saturated carbocycles. The predicted octanol–water partition coefficient (Wildman–Crippen LogP) is 4.78. The lowest BCUT2D eigenvalue weighted by Crippen LogP contribution is -2.42. The van der Waals surface area contributed by atoms with Crippen LogP contribution in [0, 0.1) is 0 Å². The lowest BCUT2D eigenvalue weighted by Gasteiger charge is -2.36. The summed E-state index contributed by atoms with van der Waals surface area (Å²) in [6, 6.07) is 0.0862. The van der Waals surface area contributed by atoms with E-state index >= 15 is 0 Å². The van der Waals surface area contributed by atoms with Gasteiger partial charge in [0.2, 0.25) is 0 Å². The SMILES string of the molecule is C=C(CCO[Si](C)(C)C(C)(C)C)[C@@H](CC)NS(=O)C(C)(C)C. The van der Waals surface area contributed by atoms with Gasteiger partial charge in [-0.3, -0.25) is 0 Å². The highest BCUT2D eigenvalue weighted by atomic mass is 32.2. The van der Waals surface area contributed by atoms with E-state index in [0.717, 1.165) is 18.4 Å². The third-order valence-electron chi connectivity index (χ3n) is 4.40. The molecule has 1 unspecified atom stereocenters. The maximum Gasteiger partial charge on any atom is 0.191 e. The van der Waals surface area contributed by atoms with Crippen LogP contribution in [0.5, 0.6) is 0 Å². The average Bonchev–Trinajstić information content (AvgIpc) is 2.32. The molecule has 0 amide bonds. The van der Waals surface area contributed by atoms with Crippen molar-refractivity contribution in [2.45, 2.75) is 90.2 Å². The quantitative estimate of drug-likeness (QED) is 0.506. The molecule has 0 saturated heterocycles. The maximum absolute atomic E-state index is 12.2. The number of nitrogens with one attached hydrogen (secondary N) is 1. The van der Waals surface area contributed by atoms with Gasteiger partial charge in [-0.2, -0.15) is 0 Å². The summed E-state index contributed by atoms with van der Waals surface area (Å²) >= 11 is 0. The summed E-state index contributed by atoms with van der Waals surface area (Å²) < 4.78 is 21.4. The Labute approximate surface area is 142 Å². The van der Waals surface area contributed by atoms with Gasteiger partial charge in [0.15, 0.2) is 8.32 Å².